The highest BCUT2D eigenvalue weighted by Gasteiger charge is 2.59. The number of aromatic nitrogens is 1. The Kier molecular flexibility index (Phi) is 4.34. The Labute approximate surface area is 167 Å². The summed E-state index contributed by atoms with van der Waals surface area (Å²) in [5.41, 5.74) is 6.39. The van der Waals surface area contributed by atoms with Crippen molar-refractivity contribution in [2.24, 2.45) is 27.0 Å². The Morgan fingerprint density at radius 3 is 2.44 bits per heavy atom. The van der Waals surface area contributed by atoms with Gasteiger partial charge in [-0.15, -0.1) is 0 Å². The monoisotopic (exact) mass is 381 g/mol. The lowest BCUT2D eigenvalue weighted by Crippen LogP contribution is -2.32. The molecule has 2 aliphatic carbocycles. The standard InChI is InChI=1S/C23H28ClN3/c1-15-12-17(16(2)27(15)20-8-6-19(24)7-9-20)14-25-26-21-13-18-10-11-23(21,5)22(18,3)4/h6-9,12,14,18H,10-11,13H2,1-5H3/b25-14+,26-21-. The van der Waals surface area contributed by atoms with Gasteiger partial charge in [-0.05, 0) is 74.8 Å². The fourth-order valence-electron chi connectivity index (χ4n) is 5.15. The molecule has 2 aromatic rings. The highest BCUT2D eigenvalue weighted by atomic mass is 35.5. The molecule has 1 heterocycles. The molecule has 0 radical (unpaired) electrons. The van der Waals surface area contributed by atoms with Crippen LogP contribution in [0.15, 0.2) is 40.5 Å². The van der Waals surface area contributed by atoms with Crippen LogP contribution in [0.4, 0.5) is 0 Å². The zero-order valence-corrected chi connectivity index (χ0v) is 17.6. The van der Waals surface area contributed by atoms with Gasteiger partial charge in [0.25, 0.3) is 0 Å². The summed E-state index contributed by atoms with van der Waals surface area (Å²) in [5, 5.41) is 9.95. The number of fused-ring (bicyclic) bond motifs is 2. The summed E-state index contributed by atoms with van der Waals surface area (Å²) in [6.07, 6.45) is 5.58. The molecule has 0 aliphatic heterocycles. The van der Waals surface area contributed by atoms with Gasteiger partial charge in [-0.2, -0.15) is 10.2 Å². The Morgan fingerprint density at radius 1 is 1.15 bits per heavy atom. The van der Waals surface area contributed by atoms with E-state index >= 15 is 0 Å². The van der Waals surface area contributed by atoms with E-state index < -0.39 is 0 Å². The van der Waals surface area contributed by atoms with E-state index in [0.717, 1.165) is 28.6 Å². The van der Waals surface area contributed by atoms with Crippen LogP contribution in [0.1, 0.15) is 57.0 Å². The van der Waals surface area contributed by atoms with Crippen molar-refractivity contribution in [3.8, 4) is 5.69 Å². The zero-order chi connectivity index (χ0) is 19.4. The van der Waals surface area contributed by atoms with Crippen LogP contribution in [-0.2, 0) is 0 Å². The van der Waals surface area contributed by atoms with Crippen LogP contribution >= 0.6 is 11.6 Å². The Morgan fingerprint density at radius 2 is 1.85 bits per heavy atom. The maximum atomic E-state index is 6.03. The normalized spacial score (nSPS) is 27.9. The van der Waals surface area contributed by atoms with Crippen LogP contribution in [0.2, 0.25) is 5.02 Å². The summed E-state index contributed by atoms with van der Waals surface area (Å²) in [6.45, 7) is 11.4. The Balaban J connectivity index is 1.61. The van der Waals surface area contributed by atoms with E-state index in [2.05, 4.69) is 50.4 Å². The van der Waals surface area contributed by atoms with Gasteiger partial charge in [-0.25, -0.2) is 0 Å². The molecular formula is C23H28ClN3. The van der Waals surface area contributed by atoms with Gasteiger partial charge in [0.15, 0.2) is 0 Å². The lowest BCUT2D eigenvalue weighted by atomic mass is 9.70. The van der Waals surface area contributed by atoms with Crippen LogP contribution in [0, 0.1) is 30.6 Å². The van der Waals surface area contributed by atoms with Crippen molar-refractivity contribution in [3.63, 3.8) is 0 Å². The van der Waals surface area contributed by atoms with E-state index in [1.54, 1.807) is 0 Å². The third-order valence-corrected chi connectivity index (χ3v) is 7.69. The van der Waals surface area contributed by atoms with E-state index in [1.807, 2.05) is 30.5 Å². The molecule has 3 nitrogen and oxygen atoms in total. The number of rotatable bonds is 3. The van der Waals surface area contributed by atoms with E-state index in [-0.39, 0.29) is 5.41 Å². The van der Waals surface area contributed by atoms with Crippen LogP contribution in [0.25, 0.3) is 5.69 Å². The van der Waals surface area contributed by atoms with E-state index in [0.29, 0.717) is 5.41 Å². The first-order chi connectivity index (χ1) is 12.7. The molecule has 0 spiro atoms. The second-order valence-corrected chi connectivity index (χ2v) is 9.36. The lowest BCUT2D eigenvalue weighted by Gasteiger charge is -2.34. The number of aryl methyl sites for hydroxylation is 1. The number of halogens is 1. The van der Waals surface area contributed by atoms with Crippen molar-refractivity contribution in [1.29, 1.82) is 0 Å². The number of benzene rings is 1. The maximum absolute atomic E-state index is 6.03. The molecule has 0 saturated heterocycles. The van der Waals surface area contributed by atoms with Crippen LogP contribution < -0.4 is 0 Å². The number of hydrogen-bond donors (Lipinski definition) is 0. The predicted molar refractivity (Wildman–Crippen MR) is 115 cm³/mol. The first kappa shape index (κ1) is 18.5. The van der Waals surface area contributed by atoms with Gasteiger partial charge in [0, 0.05) is 38.8 Å². The van der Waals surface area contributed by atoms with E-state index in [1.165, 1.54) is 29.9 Å². The van der Waals surface area contributed by atoms with Crippen LogP contribution in [-0.4, -0.2) is 16.5 Å². The molecule has 2 bridgehead atoms. The molecular weight excluding hydrogens is 354 g/mol. The molecule has 27 heavy (non-hydrogen) atoms. The van der Waals surface area contributed by atoms with Gasteiger partial charge in [0.1, 0.15) is 0 Å². The van der Waals surface area contributed by atoms with Gasteiger partial charge in [0.2, 0.25) is 0 Å². The second kappa shape index (κ2) is 6.34. The fraction of sp³-hybridized carbons (Fsp3) is 0.478. The molecule has 4 rings (SSSR count). The highest BCUT2D eigenvalue weighted by molar-refractivity contribution is 6.30. The Hall–Kier alpha value is -1.87. The highest BCUT2D eigenvalue weighted by Crippen LogP contribution is 2.63. The molecule has 2 fully saturated rings. The summed E-state index contributed by atoms with van der Waals surface area (Å²) in [5.74, 6) is 0.756. The Bertz CT molecular complexity index is 933. The quantitative estimate of drug-likeness (QED) is 0.436. The lowest BCUT2D eigenvalue weighted by molar-refractivity contribution is 0.194. The van der Waals surface area contributed by atoms with Gasteiger partial charge in [-0.1, -0.05) is 32.4 Å². The molecule has 1 aromatic heterocycles. The van der Waals surface area contributed by atoms with Gasteiger partial charge in [-0.3, -0.25) is 0 Å². The minimum atomic E-state index is 0.204. The van der Waals surface area contributed by atoms with Crippen molar-refractivity contribution in [1.82, 2.24) is 4.57 Å². The predicted octanol–water partition coefficient (Wildman–Crippen LogP) is 6.37. The summed E-state index contributed by atoms with van der Waals surface area (Å²) < 4.78 is 2.23. The molecule has 2 aliphatic rings. The summed E-state index contributed by atoms with van der Waals surface area (Å²) in [7, 11) is 0. The van der Waals surface area contributed by atoms with Crippen molar-refractivity contribution in [2.75, 3.05) is 0 Å². The van der Waals surface area contributed by atoms with Gasteiger partial charge in [0.05, 0.1) is 6.21 Å². The molecule has 4 heteroatoms. The van der Waals surface area contributed by atoms with Crippen LogP contribution in [0.5, 0.6) is 0 Å². The van der Waals surface area contributed by atoms with Gasteiger partial charge >= 0.3 is 0 Å². The smallest absolute Gasteiger partial charge is 0.0586 e. The third-order valence-electron chi connectivity index (χ3n) is 7.44. The van der Waals surface area contributed by atoms with E-state index in [9.17, 15) is 0 Å². The topological polar surface area (TPSA) is 29.6 Å². The molecule has 0 amide bonds. The zero-order valence-electron chi connectivity index (χ0n) is 16.9. The van der Waals surface area contributed by atoms with E-state index in [4.69, 9.17) is 16.7 Å². The molecule has 2 atom stereocenters. The second-order valence-electron chi connectivity index (χ2n) is 8.92. The van der Waals surface area contributed by atoms with Crippen molar-refractivity contribution in [2.45, 2.75) is 53.9 Å². The first-order valence-corrected chi connectivity index (χ1v) is 10.2. The van der Waals surface area contributed by atoms with Crippen LogP contribution in [0.3, 0.4) is 0 Å². The average Bonchev–Trinajstić information content (AvgIpc) is 3.10. The fourth-order valence-corrected chi connectivity index (χ4v) is 5.27. The largest absolute Gasteiger partial charge is 0.318 e. The average molecular weight is 382 g/mol. The SMILES string of the molecule is Cc1cc(/C=N/N=C2/CC3CCC2(C)C3(C)C)c(C)n1-c1ccc(Cl)cc1. The molecule has 1 aromatic carbocycles. The summed E-state index contributed by atoms with van der Waals surface area (Å²) in [6, 6.07) is 10.1. The third kappa shape index (κ3) is 2.79. The molecule has 142 valence electrons. The first-order valence-electron chi connectivity index (χ1n) is 9.79. The van der Waals surface area contributed by atoms with Crippen molar-refractivity contribution >= 4 is 23.5 Å². The minimum absolute atomic E-state index is 0.204. The molecule has 2 saturated carbocycles. The summed E-state index contributed by atoms with van der Waals surface area (Å²) >= 11 is 6.03. The maximum Gasteiger partial charge on any atom is 0.0586 e. The molecule has 2 unspecified atom stereocenters. The van der Waals surface area contributed by atoms with Gasteiger partial charge < -0.3 is 4.57 Å². The number of hydrogen-bond acceptors (Lipinski definition) is 2. The van der Waals surface area contributed by atoms with Crippen molar-refractivity contribution < 1.29 is 0 Å². The summed E-state index contributed by atoms with van der Waals surface area (Å²) in [4.78, 5) is 0. The molecule has 0 N–H and O–H groups in total. The van der Waals surface area contributed by atoms with Crippen molar-refractivity contribution in [3.05, 3.63) is 52.3 Å². The minimum Gasteiger partial charge on any atom is -0.318 e. The number of nitrogens with zero attached hydrogens (tertiary/aromatic N) is 3.